The third-order valence-corrected chi connectivity index (χ3v) is 7.80. The first-order valence-corrected chi connectivity index (χ1v) is 17.7. The number of aliphatic hydroxyl groups is 1. The van der Waals surface area contributed by atoms with E-state index in [4.69, 9.17) is 14.2 Å². The summed E-state index contributed by atoms with van der Waals surface area (Å²) in [7, 11) is 0. The van der Waals surface area contributed by atoms with Crippen molar-refractivity contribution in [1.29, 1.82) is 0 Å². The Morgan fingerprint density at radius 2 is 1.12 bits per heavy atom. The van der Waals surface area contributed by atoms with Crippen molar-refractivity contribution < 1.29 is 28.9 Å². The first-order valence-electron chi connectivity index (χ1n) is 17.7. The molecule has 0 aromatic rings. The number of ether oxygens (including phenoxy) is 3. The van der Waals surface area contributed by atoms with Gasteiger partial charge >= 0.3 is 11.9 Å². The van der Waals surface area contributed by atoms with E-state index in [2.05, 4.69) is 50.3 Å². The Balaban J connectivity index is 1.88. The standard InChI is InChI=1S/C37H64O6/c1-3-5-7-8-9-10-11-15-18-21-25-29-36(39)41-31-33(38)32-42-37(40)30-26-22-19-16-13-12-14-17-20-24-28-35-34(43-35)27-23-6-4-2/h12,14,16,19-20,24,33-35,38H,3-11,13,15,17-18,21-23,25-32H2,1-2H3/b14-12-,19-16-,24-20-/t33-,34?,35?/m0/s1. The summed E-state index contributed by atoms with van der Waals surface area (Å²) in [4.78, 5) is 23.8. The lowest BCUT2D eigenvalue weighted by atomic mass is 10.1. The van der Waals surface area contributed by atoms with E-state index >= 15 is 0 Å². The van der Waals surface area contributed by atoms with Crippen LogP contribution in [-0.4, -0.2) is 48.6 Å². The van der Waals surface area contributed by atoms with Gasteiger partial charge in [-0.25, -0.2) is 0 Å². The van der Waals surface area contributed by atoms with Gasteiger partial charge in [0.2, 0.25) is 0 Å². The van der Waals surface area contributed by atoms with Crippen LogP contribution < -0.4 is 0 Å². The highest BCUT2D eigenvalue weighted by atomic mass is 16.6. The van der Waals surface area contributed by atoms with Gasteiger partial charge in [-0.1, -0.05) is 134 Å². The number of hydrogen-bond acceptors (Lipinski definition) is 6. The second-order valence-electron chi connectivity index (χ2n) is 12.0. The van der Waals surface area contributed by atoms with Gasteiger partial charge in [-0.3, -0.25) is 9.59 Å². The van der Waals surface area contributed by atoms with Crippen LogP contribution in [0.15, 0.2) is 36.5 Å². The molecule has 1 aliphatic heterocycles. The number of unbranched alkanes of at least 4 members (excludes halogenated alkanes) is 13. The first-order chi connectivity index (χ1) is 21.1. The molecule has 0 radical (unpaired) electrons. The van der Waals surface area contributed by atoms with Gasteiger partial charge in [0.25, 0.3) is 0 Å². The van der Waals surface area contributed by atoms with Crippen molar-refractivity contribution in [2.75, 3.05) is 13.2 Å². The van der Waals surface area contributed by atoms with E-state index in [0.29, 0.717) is 31.5 Å². The average molecular weight is 605 g/mol. The summed E-state index contributed by atoms with van der Waals surface area (Å²) < 4.78 is 16.0. The predicted molar refractivity (Wildman–Crippen MR) is 177 cm³/mol. The van der Waals surface area contributed by atoms with Gasteiger partial charge in [0.15, 0.2) is 0 Å². The Hall–Kier alpha value is -1.92. The third kappa shape index (κ3) is 26.2. The molecule has 0 spiro atoms. The summed E-state index contributed by atoms with van der Waals surface area (Å²) in [5.74, 6) is -0.635. The number of esters is 2. The highest BCUT2D eigenvalue weighted by Crippen LogP contribution is 2.30. The van der Waals surface area contributed by atoms with Gasteiger partial charge in [-0.05, 0) is 44.9 Å². The number of carbonyl (C=O) groups is 2. The highest BCUT2D eigenvalue weighted by Gasteiger charge is 2.36. The van der Waals surface area contributed by atoms with Gasteiger partial charge in [-0.2, -0.15) is 0 Å². The van der Waals surface area contributed by atoms with E-state index in [0.717, 1.165) is 44.9 Å². The summed E-state index contributed by atoms with van der Waals surface area (Å²) >= 11 is 0. The number of aliphatic hydroxyl groups excluding tert-OH is 1. The Kier molecular flexibility index (Phi) is 26.2. The molecule has 2 unspecified atom stereocenters. The molecular weight excluding hydrogens is 540 g/mol. The fourth-order valence-corrected chi connectivity index (χ4v) is 4.99. The average Bonchev–Trinajstić information content (AvgIpc) is 3.76. The molecule has 0 saturated carbocycles. The molecule has 1 fully saturated rings. The van der Waals surface area contributed by atoms with Crippen LogP contribution in [0.1, 0.15) is 155 Å². The lowest BCUT2D eigenvalue weighted by Crippen LogP contribution is -2.25. The van der Waals surface area contributed by atoms with E-state index in [1.807, 2.05) is 0 Å². The van der Waals surface area contributed by atoms with E-state index in [1.54, 1.807) is 0 Å². The minimum Gasteiger partial charge on any atom is -0.463 e. The molecule has 43 heavy (non-hydrogen) atoms. The number of rotatable bonds is 30. The number of hydrogen-bond donors (Lipinski definition) is 1. The lowest BCUT2D eigenvalue weighted by Gasteiger charge is -2.12. The van der Waals surface area contributed by atoms with Crippen LogP contribution in [0.3, 0.4) is 0 Å². The summed E-state index contributed by atoms with van der Waals surface area (Å²) in [5.41, 5.74) is 0. The highest BCUT2D eigenvalue weighted by molar-refractivity contribution is 5.69. The maximum absolute atomic E-state index is 11.9. The monoisotopic (exact) mass is 604 g/mol. The maximum atomic E-state index is 11.9. The zero-order valence-electron chi connectivity index (χ0n) is 27.7. The van der Waals surface area contributed by atoms with E-state index in [1.165, 1.54) is 77.0 Å². The summed E-state index contributed by atoms with van der Waals surface area (Å²) in [6.07, 6.45) is 36.6. The fraction of sp³-hybridized carbons (Fsp3) is 0.784. The van der Waals surface area contributed by atoms with Crippen LogP contribution in [0, 0.1) is 0 Å². The summed E-state index contributed by atoms with van der Waals surface area (Å²) in [5, 5.41) is 9.96. The van der Waals surface area contributed by atoms with Gasteiger partial charge in [-0.15, -0.1) is 0 Å². The van der Waals surface area contributed by atoms with Crippen LogP contribution in [0.25, 0.3) is 0 Å². The minimum atomic E-state index is -0.985. The minimum absolute atomic E-state index is 0.134. The van der Waals surface area contributed by atoms with Gasteiger partial charge in [0.1, 0.15) is 19.3 Å². The van der Waals surface area contributed by atoms with Crippen molar-refractivity contribution in [3.8, 4) is 0 Å². The predicted octanol–water partition coefficient (Wildman–Crippen LogP) is 9.49. The molecule has 0 bridgehead atoms. The van der Waals surface area contributed by atoms with Crippen LogP contribution in [-0.2, 0) is 23.8 Å². The van der Waals surface area contributed by atoms with Crippen LogP contribution in [0.4, 0.5) is 0 Å². The SMILES string of the molecule is CCCCCCCCCCCCCC(=O)OC[C@H](O)COC(=O)CCC/C=C\C/C=C\C/C=C\CC1OC1CCCCC. The first kappa shape index (κ1) is 39.1. The van der Waals surface area contributed by atoms with E-state index in [-0.39, 0.29) is 25.2 Å². The number of epoxide rings is 1. The molecule has 248 valence electrons. The van der Waals surface area contributed by atoms with Crippen molar-refractivity contribution in [3.05, 3.63) is 36.5 Å². The smallest absolute Gasteiger partial charge is 0.305 e. The zero-order chi connectivity index (χ0) is 31.2. The molecule has 3 atom stereocenters. The molecule has 1 aliphatic rings. The third-order valence-electron chi connectivity index (χ3n) is 7.80. The van der Waals surface area contributed by atoms with Crippen molar-refractivity contribution in [2.24, 2.45) is 0 Å². The molecule has 0 aromatic heterocycles. The lowest BCUT2D eigenvalue weighted by molar-refractivity contribution is -0.152. The second kappa shape index (κ2) is 28.8. The molecule has 0 aromatic carbocycles. The summed E-state index contributed by atoms with van der Waals surface area (Å²) in [6.45, 7) is 4.20. The quantitative estimate of drug-likeness (QED) is 0.0380. The molecule has 0 aliphatic carbocycles. The van der Waals surface area contributed by atoms with Gasteiger partial charge < -0.3 is 19.3 Å². The molecular formula is C37H64O6. The van der Waals surface area contributed by atoms with E-state index in [9.17, 15) is 14.7 Å². The Morgan fingerprint density at radius 1 is 0.628 bits per heavy atom. The van der Waals surface area contributed by atoms with E-state index < -0.39 is 6.10 Å². The molecule has 6 nitrogen and oxygen atoms in total. The molecule has 1 N–H and O–H groups in total. The van der Waals surface area contributed by atoms with Crippen molar-refractivity contribution in [1.82, 2.24) is 0 Å². The van der Waals surface area contributed by atoms with Crippen molar-refractivity contribution in [2.45, 2.75) is 173 Å². The zero-order valence-corrected chi connectivity index (χ0v) is 27.7. The molecule has 1 saturated heterocycles. The fourth-order valence-electron chi connectivity index (χ4n) is 4.99. The largest absolute Gasteiger partial charge is 0.463 e. The van der Waals surface area contributed by atoms with Crippen LogP contribution in [0.5, 0.6) is 0 Å². The molecule has 0 amide bonds. The molecule has 1 rings (SSSR count). The van der Waals surface area contributed by atoms with Crippen LogP contribution >= 0.6 is 0 Å². The Labute approximate surface area is 263 Å². The van der Waals surface area contributed by atoms with Gasteiger partial charge in [0.05, 0.1) is 12.2 Å². The van der Waals surface area contributed by atoms with Crippen LogP contribution in [0.2, 0.25) is 0 Å². The molecule has 1 heterocycles. The summed E-state index contributed by atoms with van der Waals surface area (Å²) in [6, 6.07) is 0. The second-order valence-corrected chi connectivity index (χ2v) is 12.0. The number of allylic oxidation sites excluding steroid dienone is 5. The normalized spacial score (nSPS) is 17.3. The Morgan fingerprint density at radius 3 is 1.72 bits per heavy atom. The topological polar surface area (TPSA) is 85.4 Å². The van der Waals surface area contributed by atoms with Gasteiger partial charge in [0, 0.05) is 12.8 Å². The maximum Gasteiger partial charge on any atom is 0.305 e. The van der Waals surface area contributed by atoms with Crippen molar-refractivity contribution >= 4 is 11.9 Å². The number of carbonyl (C=O) groups excluding carboxylic acids is 2. The van der Waals surface area contributed by atoms with Crippen molar-refractivity contribution in [3.63, 3.8) is 0 Å². The molecule has 6 heteroatoms. The Bertz CT molecular complexity index is 758.